The number of anilines is 3. The number of nitrogens with zero attached hydrogens (tertiary/aromatic N) is 2. The molecule has 4 heteroatoms. The summed E-state index contributed by atoms with van der Waals surface area (Å²) in [6, 6.07) is 55.2. The standard InChI is InChI=1S/C42H28F2N2/c43-31-17-23-35(24-18-31)45(36-25-19-32(44)20-26-36)34-21-15-30(16-22-34)38-27-40-37-13-7-8-14-41(37)46(33-11-5-2-6-12-33)42(40)28-39(38)29-9-3-1-4-10-29/h1-28H. The van der Waals surface area contributed by atoms with Crippen molar-refractivity contribution < 1.29 is 8.78 Å². The minimum Gasteiger partial charge on any atom is -0.310 e. The Kier molecular flexibility index (Phi) is 6.88. The second-order valence-electron chi connectivity index (χ2n) is 11.3. The van der Waals surface area contributed by atoms with Crippen LogP contribution in [-0.4, -0.2) is 4.57 Å². The van der Waals surface area contributed by atoms with Gasteiger partial charge in [0.1, 0.15) is 11.6 Å². The lowest BCUT2D eigenvalue weighted by molar-refractivity contribution is 0.628. The Morgan fingerprint density at radius 1 is 0.391 bits per heavy atom. The van der Waals surface area contributed by atoms with Crippen molar-refractivity contribution >= 4 is 38.9 Å². The van der Waals surface area contributed by atoms with Crippen LogP contribution in [0.15, 0.2) is 170 Å². The average Bonchev–Trinajstić information content (AvgIpc) is 3.44. The Morgan fingerprint density at radius 2 is 0.870 bits per heavy atom. The molecular weight excluding hydrogens is 570 g/mol. The van der Waals surface area contributed by atoms with Gasteiger partial charge in [-0.3, -0.25) is 0 Å². The molecule has 0 saturated heterocycles. The molecule has 0 N–H and O–H groups in total. The van der Waals surface area contributed by atoms with Gasteiger partial charge in [-0.15, -0.1) is 0 Å². The van der Waals surface area contributed by atoms with E-state index in [1.807, 2.05) is 17.0 Å². The van der Waals surface area contributed by atoms with Crippen molar-refractivity contribution in [2.24, 2.45) is 0 Å². The minimum atomic E-state index is -0.310. The van der Waals surface area contributed by atoms with Gasteiger partial charge in [-0.25, -0.2) is 8.78 Å². The molecule has 0 bridgehead atoms. The molecular formula is C42H28F2N2. The van der Waals surface area contributed by atoms with Crippen molar-refractivity contribution in [3.8, 4) is 27.9 Å². The Morgan fingerprint density at radius 3 is 1.48 bits per heavy atom. The van der Waals surface area contributed by atoms with Gasteiger partial charge < -0.3 is 9.47 Å². The van der Waals surface area contributed by atoms with Crippen molar-refractivity contribution in [1.82, 2.24) is 4.57 Å². The van der Waals surface area contributed by atoms with E-state index in [0.29, 0.717) is 0 Å². The summed E-state index contributed by atoms with van der Waals surface area (Å²) in [5.74, 6) is -0.619. The van der Waals surface area contributed by atoms with E-state index in [1.165, 1.54) is 35.0 Å². The van der Waals surface area contributed by atoms with Crippen molar-refractivity contribution in [3.05, 3.63) is 181 Å². The van der Waals surface area contributed by atoms with Crippen molar-refractivity contribution in [3.63, 3.8) is 0 Å². The topological polar surface area (TPSA) is 8.17 Å². The zero-order chi connectivity index (χ0) is 31.0. The predicted octanol–water partition coefficient (Wildman–Crippen LogP) is 11.9. The lowest BCUT2D eigenvalue weighted by Gasteiger charge is -2.25. The third kappa shape index (κ3) is 4.90. The zero-order valence-electron chi connectivity index (χ0n) is 24.8. The largest absolute Gasteiger partial charge is 0.310 e. The molecule has 1 heterocycles. The Balaban J connectivity index is 1.32. The maximum Gasteiger partial charge on any atom is 0.123 e. The average molecular weight is 599 g/mol. The normalized spacial score (nSPS) is 11.3. The van der Waals surface area contributed by atoms with Crippen LogP contribution in [0.3, 0.4) is 0 Å². The fourth-order valence-corrected chi connectivity index (χ4v) is 6.38. The first-order chi connectivity index (χ1) is 22.6. The molecule has 8 rings (SSSR count). The molecule has 0 aliphatic heterocycles. The third-order valence-corrected chi connectivity index (χ3v) is 8.52. The Bertz CT molecular complexity index is 2250. The quantitative estimate of drug-likeness (QED) is 0.185. The van der Waals surface area contributed by atoms with Crippen LogP contribution in [0.2, 0.25) is 0 Å². The molecule has 1 aromatic heterocycles. The number of benzene rings is 7. The minimum absolute atomic E-state index is 0.310. The molecule has 2 nitrogen and oxygen atoms in total. The van der Waals surface area contributed by atoms with Gasteiger partial charge in [0.2, 0.25) is 0 Å². The number of halogens is 2. The monoisotopic (exact) mass is 598 g/mol. The van der Waals surface area contributed by atoms with Gasteiger partial charge in [0.05, 0.1) is 11.0 Å². The highest BCUT2D eigenvalue weighted by Gasteiger charge is 2.18. The number of hydrogen-bond donors (Lipinski definition) is 0. The number of hydrogen-bond acceptors (Lipinski definition) is 1. The number of rotatable bonds is 6. The summed E-state index contributed by atoms with van der Waals surface area (Å²) < 4.78 is 30.1. The molecule has 46 heavy (non-hydrogen) atoms. The van der Waals surface area contributed by atoms with E-state index in [0.717, 1.165) is 56.0 Å². The first-order valence-corrected chi connectivity index (χ1v) is 15.2. The van der Waals surface area contributed by atoms with E-state index in [4.69, 9.17) is 0 Å². The second-order valence-corrected chi connectivity index (χ2v) is 11.3. The van der Waals surface area contributed by atoms with Crippen LogP contribution in [0.1, 0.15) is 0 Å². The number of aromatic nitrogens is 1. The molecule has 0 spiro atoms. The zero-order valence-corrected chi connectivity index (χ0v) is 24.8. The SMILES string of the molecule is Fc1ccc(N(c2ccc(F)cc2)c2ccc(-c3cc4c5ccccc5n(-c5ccccc5)c4cc3-c3ccccc3)cc2)cc1. The molecule has 8 aromatic rings. The molecule has 0 atom stereocenters. The maximum absolute atomic E-state index is 13.9. The van der Waals surface area contributed by atoms with E-state index in [1.54, 1.807) is 24.3 Å². The number of fused-ring (bicyclic) bond motifs is 3. The fourth-order valence-electron chi connectivity index (χ4n) is 6.38. The first-order valence-electron chi connectivity index (χ1n) is 15.2. The molecule has 0 radical (unpaired) electrons. The summed E-state index contributed by atoms with van der Waals surface area (Å²) in [7, 11) is 0. The van der Waals surface area contributed by atoms with E-state index in [2.05, 4.69) is 114 Å². The summed E-state index contributed by atoms with van der Waals surface area (Å²) in [5, 5.41) is 2.37. The van der Waals surface area contributed by atoms with Gasteiger partial charge in [0, 0.05) is 33.5 Å². The van der Waals surface area contributed by atoms with Crippen LogP contribution < -0.4 is 4.90 Å². The molecule has 220 valence electrons. The van der Waals surface area contributed by atoms with Crippen molar-refractivity contribution in [2.45, 2.75) is 0 Å². The molecule has 7 aromatic carbocycles. The van der Waals surface area contributed by atoms with Crippen LogP contribution in [0.25, 0.3) is 49.7 Å². The second kappa shape index (κ2) is 11.5. The molecule has 0 saturated carbocycles. The van der Waals surface area contributed by atoms with Crippen molar-refractivity contribution in [1.29, 1.82) is 0 Å². The van der Waals surface area contributed by atoms with Crippen LogP contribution in [0.5, 0.6) is 0 Å². The summed E-state index contributed by atoms with van der Waals surface area (Å²) >= 11 is 0. The summed E-state index contributed by atoms with van der Waals surface area (Å²) in [5.41, 5.74) is 10.3. The van der Waals surface area contributed by atoms with Gasteiger partial charge in [0.15, 0.2) is 0 Å². The van der Waals surface area contributed by atoms with Crippen LogP contribution in [0.4, 0.5) is 25.8 Å². The Labute approximate surface area is 266 Å². The molecule has 0 aliphatic carbocycles. The molecule has 0 aliphatic rings. The fraction of sp³-hybridized carbons (Fsp3) is 0. The lowest BCUT2D eigenvalue weighted by Crippen LogP contribution is -2.09. The highest BCUT2D eigenvalue weighted by molar-refractivity contribution is 6.12. The van der Waals surface area contributed by atoms with Gasteiger partial charge in [-0.2, -0.15) is 0 Å². The molecule has 0 unspecified atom stereocenters. The van der Waals surface area contributed by atoms with Crippen LogP contribution in [0, 0.1) is 11.6 Å². The van der Waals surface area contributed by atoms with Gasteiger partial charge >= 0.3 is 0 Å². The summed E-state index contributed by atoms with van der Waals surface area (Å²) in [4.78, 5) is 2.00. The highest BCUT2D eigenvalue weighted by atomic mass is 19.1. The van der Waals surface area contributed by atoms with Gasteiger partial charge in [-0.05, 0) is 113 Å². The Hall–Kier alpha value is -6.00. The smallest absolute Gasteiger partial charge is 0.123 e. The lowest BCUT2D eigenvalue weighted by atomic mass is 9.92. The van der Waals surface area contributed by atoms with E-state index in [-0.39, 0.29) is 11.6 Å². The first kappa shape index (κ1) is 27.5. The maximum atomic E-state index is 13.9. The predicted molar refractivity (Wildman–Crippen MR) is 186 cm³/mol. The van der Waals surface area contributed by atoms with E-state index < -0.39 is 0 Å². The molecule has 0 fully saturated rings. The van der Waals surface area contributed by atoms with Gasteiger partial charge in [0.25, 0.3) is 0 Å². The van der Waals surface area contributed by atoms with E-state index in [9.17, 15) is 8.78 Å². The highest BCUT2D eigenvalue weighted by Crippen LogP contribution is 2.42. The van der Waals surface area contributed by atoms with Gasteiger partial charge in [-0.1, -0.05) is 78.9 Å². The van der Waals surface area contributed by atoms with Crippen LogP contribution in [-0.2, 0) is 0 Å². The third-order valence-electron chi connectivity index (χ3n) is 8.52. The number of para-hydroxylation sites is 2. The summed E-state index contributed by atoms with van der Waals surface area (Å²) in [6.07, 6.45) is 0. The summed E-state index contributed by atoms with van der Waals surface area (Å²) in [6.45, 7) is 0. The van der Waals surface area contributed by atoms with Crippen LogP contribution >= 0.6 is 0 Å². The van der Waals surface area contributed by atoms with E-state index >= 15 is 0 Å². The van der Waals surface area contributed by atoms with Crippen molar-refractivity contribution in [2.75, 3.05) is 4.90 Å². The molecule has 0 amide bonds.